The second-order valence-corrected chi connectivity index (χ2v) is 0.848. The molecule has 0 aromatic carbocycles. The fourth-order valence-electron chi connectivity index (χ4n) is 0. The second-order valence-electron chi connectivity index (χ2n) is 0.283. The van der Waals surface area contributed by atoms with Crippen molar-refractivity contribution in [2.75, 3.05) is 0 Å². The van der Waals surface area contributed by atoms with Crippen LogP contribution >= 0.6 is 8.25 Å². The van der Waals surface area contributed by atoms with Crippen molar-refractivity contribution in [3.63, 3.8) is 0 Å². The molecule has 3 nitrogen and oxygen atoms in total. The molecule has 5 heteroatoms. The highest BCUT2D eigenvalue weighted by Crippen LogP contribution is 1.98. The van der Waals surface area contributed by atoms with Crippen molar-refractivity contribution in [2.45, 2.75) is 13.8 Å². The summed E-state index contributed by atoms with van der Waals surface area (Å²) in [6, 6.07) is 0. The monoisotopic (exact) mass is 141 g/mol. The van der Waals surface area contributed by atoms with Crippen molar-refractivity contribution in [1.82, 2.24) is 0 Å². The van der Waals surface area contributed by atoms with Gasteiger partial charge in [0.25, 0.3) is 0 Å². The first-order valence-corrected chi connectivity index (χ1v) is 2.95. The Hall–Kier alpha value is 0.682. The van der Waals surface area contributed by atoms with Gasteiger partial charge in [0, 0.05) is 0 Å². The SMILES string of the molecule is CC.O=[PH](O)O.[AlH2]. The van der Waals surface area contributed by atoms with E-state index in [0.717, 1.165) is 0 Å². The van der Waals surface area contributed by atoms with E-state index in [-0.39, 0.29) is 17.4 Å². The molecule has 0 amide bonds. The lowest BCUT2D eigenvalue weighted by molar-refractivity contribution is 0.405. The third kappa shape index (κ3) is 315. The topological polar surface area (TPSA) is 57.5 Å². The van der Waals surface area contributed by atoms with Gasteiger partial charge >= 0.3 is 8.25 Å². The van der Waals surface area contributed by atoms with Gasteiger partial charge in [0.1, 0.15) is 17.4 Å². The maximum absolute atomic E-state index is 8.74. The molecule has 0 heterocycles. The van der Waals surface area contributed by atoms with Crippen LogP contribution in [0, 0.1) is 0 Å². The Morgan fingerprint density at radius 2 is 1.29 bits per heavy atom. The fourth-order valence-corrected chi connectivity index (χ4v) is 0. The fraction of sp³-hybridized carbons (Fsp3) is 1.00. The van der Waals surface area contributed by atoms with Gasteiger partial charge < -0.3 is 9.79 Å². The molecule has 2 N–H and O–H groups in total. The Balaban J connectivity index is -0.0000000480. The van der Waals surface area contributed by atoms with E-state index in [1.165, 1.54) is 0 Å². The molecule has 45 valence electrons. The molecule has 7 heavy (non-hydrogen) atoms. The van der Waals surface area contributed by atoms with Crippen LogP contribution in [0.25, 0.3) is 0 Å². The first-order valence-electron chi connectivity index (χ1n) is 1.65. The smallest absolute Gasteiger partial charge is 0.314 e. The summed E-state index contributed by atoms with van der Waals surface area (Å²) >= 11 is 0. The van der Waals surface area contributed by atoms with E-state index in [2.05, 4.69) is 0 Å². The third-order valence-electron chi connectivity index (χ3n) is 0. The number of hydrogen-bond donors (Lipinski definition) is 2. The Kier molecular flexibility index (Phi) is 35.6. The van der Waals surface area contributed by atoms with Crippen molar-refractivity contribution in [1.29, 1.82) is 0 Å². The molecule has 0 aliphatic heterocycles. The van der Waals surface area contributed by atoms with Crippen molar-refractivity contribution in [2.24, 2.45) is 0 Å². The maximum Gasteiger partial charge on any atom is 0.314 e. The molecule has 0 aliphatic rings. The van der Waals surface area contributed by atoms with Crippen molar-refractivity contribution < 1.29 is 14.4 Å². The first-order chi connectivity index (χ1) is 2.73. The molecule has 0 aromatic rings. The van der Waals surface area contributed by atoms with E-state index in [1.54, 1.807) is 0 Å². The van der Waals surface area contributed by atoms with E-state index < -0.39 is 8.25 Å². The molecule has 0 fully saturated rings. The summed E-state index contributed by atoms with van der Waals surface area (Å²) in [5.74, 6) is 0. The van der Waals surface area contributed by atoms with Crippen LogP contribution < -0.4 is 0 Å². The summed E-state index contributed by atoms with van der Waals surface area (Å²) in [6.45, 7) is 4.00. The average Bonchev–Trinajstić information content (AvgIpc) is 1.41. The summed E-state index contributed by atoms with van der Waals surface area (Å²) in [5.41, 5.74) is 0. The first kappa shape index (κ1) is 15.6. The average molecular weight is 141 g/mol. The zero-order valence-corrected chi connectivity index (χ0v) is 7.80. The molecular weight excluding hydrogens is 130 g/mol. The largest absolute Gasteiger partial charge is 0.326 e. The standard InChI is InChI=1S/C2H6.Al.H3O3P.2H/c1-2;;1-4(2)3;;/h1-2H3;;4H,(H2,1,2,3);;. The third-order valence-corrected chi connectivity index (χ3v) is 0. The van der Waals surface area contributed by atoms with Crippen LogP contribution in [0.4, 0.5) is 0 Å². The van der Waals surface area contributed by atoms with Crippen molar-refractivity contribution >= 4 is 25.6 Å². The normalized spacial score (nSPS) is 5.86. The molecule has 0 aliphatic carbocycles. The van der Waals surface area contributed by atoms with E-state index in [9.17, 15) is 0 Å². The lowest BCUT2D eigenvalue weighted by atomic mass is 11.0. The molecule has 0 unspecified atom stereocenters. The Bertz CT molecular complexity index is 35.9. The molecule has 0 rings (SSSR count). The molecule has 0 spiro atoms. The van der Waals surface area contributed by atoms with E-state index >= 15 is 0 Å². The highest BCUT2D eigenvalue weighted by molar-refractivity contribution is 7.30. The predicted octanol–water partition coefficient (Wildman–Crippen LogP) is -0.529. The van der Waals surface area contributed by atoms with Gasteiger partial charge in [-0.1, -0.05) is 13.8 Å². The summed E-state index contributed by atoms with van der Waals surface area (Å²) in [5, 5.41) is 0. The van der Waals surface area contributed by atoms with Crippen LogP contribution in [0.15, 0.2) is 0 Å². The Morgan fingerprint density at radius 3 is 1.29 bits per heavy atom. The van der Waals surface area contributed by atoms with Gasteiger partial charge in [-0.05, 0) is 0 Å². The molecule has 0 bridgehead atoms. The Labute approximate surface area is 54.5 Å². The molecule has 1 radical (unpaired) electrons. The number of hydrogen-bond acceptors (Lipinski definition) is 1. The summed E-state index contributed by atoms with van der Waals surface area (Å²) in [6.07, 6.45) is 0. The van der Waals surface area contributed by atoms with Gasteiger partial charge in [-0.3, -0.25) is 4.57 Å². The molecular formula is C2H11AlO3P. The molecule has 0 aromatic heterocycles. The summed E-state index contributed by atoms with van der Waals surface area (Å²) in [7, 11) is -3.13. The highest BCUT2D eigenvalue weighted by atomic mass is 31.1. The molecule has 0 atom stereocenters. The predicted molar refractivity (Wildman–Crippen MR) is 33.3 cm³/mol. The highest BCUT2D eigenvalue weighted by Gasteiger charge is 1.61. The zero-order chi connectivity index (χ0) is 5.58. The van der Waals surface area contributed by atoms with Gasteiger partial charge in [0.2, 0.25) is 0 Å². The summed E-state index contributed by atoms with van der Waals surface area (Å²) < 4.78 is 8.74. The van der Waals surface area contributed by atoms with Gasteiger partial charge in [0.15, 0.2) is 0 Å². The Morgan fingerprint density at radius 1 is 1.29 bits per heavy atom. The minimum atomic E-state index is -3.13. The van der Waals surface area contributed by atoms with Crippen molar-refractivity contribution in [3.8, 4) is 0 Å². The minimum absolute atomic E-state index is 0. The van der Waals surface area contributed by atoms with Crippen molar-refractivity contribution in [3.05, 3.63) is 0 Å². The quantitative estimate of drug-likeness (QED) is 0.352. The summed E-state index contributed by atoms with van der Waals surface area (Å²) in [4.78, 5) is 14.3. The molecule has 0 saturated heterocycles. The molecule has 0 saturated carbocycles. The van der Waals surface area contributed by atoms with Gasteiger partial charge in [0.05, 0.1) is 0 Å². The van der Waals surface area contributed by atoms with E-state index in [4.69, 9.17) is 14.4 Å². The number of rotatable bonds is 0. The van der Waals surface area contributed by atoms with Crippen LogP contribution in [-0.2, 0) is 4.57 Å². The van der Waals surface area contributed by atoms with Gasteiger partial charge in [-0.25, -0.2) is 0 Å². The maximum atomic E-state index is 8.74. The van der Waals surface area contributed by atoms with Crippen LogP contribution in [0.5, 0.6) is 0 Å². The minimum Gasteiger partial charge on any atom is -0.326 e. The second kappa shape index (κ2) is 15.9. The lowest BCUT2D eigenvalue weighted by Crippen LogP contribution is -1.38. The van der Waals surface area contributed by atoms with Gasteiger partial charge in [-0.15, -0.1) is 0 Å². The van der Waals surface area contributed by atoms with E-state index in [1.807, 2.05) is 13.8 Å². The van der Waals surface area contributed by atoms with Gasteiger partial charge in [-0.2, -0.15) is 0 Å². The van der Waals surface area contributed by atoms with Crippen LogP contribution in [0.1, 0.15) is 13.8 Å². The van der Waals surface area contributed by atoms with E-state index in [0.29, 0.717) is 0 Å². The lowest BCUT2D eigenvalue weighted by Gasteiger charge is -1.61. The van der Waals surface area contributed by atoms with Crippen LogP contribution in [-0.4, -0.2) is 27.1 Å². The van der Waals surface area contributed by atoms with Crippen LogP contribution in [0.2, 0.25) is 0 Å². The zero-order valence-electron chi connectivity index (χ0n) is 4.80. The van der Waals surface area contributed by atoms with Crippen LogP contribution in [0.3, 0.4) is 0 Å².